The van der Waals surface area contributed by atoms with E-state index in [0.717, 1.165) is 37.8 Å². The van der Waals surface area contributed by atoms with E-state index in [4.69, 9.17) is 0 Å². The van der Waals surface area contributed by atoms with Crippen molar-refractivity contribution in [1.82, 2.24) is 20.0 Å². The molecule has 0 spiro atoms. The second-order valence-electron chi connectivity index (χ2n) is 8.19. The van der Waals surface area contributed by atoms with E-state index < -0.39 is 11.3 Å². The van der Waals surface area contributed by atoms with Gasteiger partial charge >= 0.3 is 0 Å². The molecule has 7 heteroatoms. The maximum absolute atomic E-state index is 13.1. The van der Waals surface area contributed by atoms with Gasteiger partial charge in [-0.05, 0) is 38.3 Å². The lowest BCUT2D eigenvalue weighted by Gasteiger charge is -2.31. The van der Waals surface area contributed by atoms with E-state index in [1.807, 2.05) is 30.3 Å². The Morgan fingerprint density at radius 2 is 1.94 bits per heavy atom. The van der Waals surface area contributed by atoms with Crippen molar-refractivity contribution in [2.75, 3.05) is 19.6 Å². The quantitative estimate of drug-likeness (QED) is 0.660. The van der Waals surface area contributed by atoms with E-state index in [0.29, 0.717) is 25.3 Å². The zero-order valence-corrected chi connectivity index (χ0v) is 18.5. The number of carbonyl (C=O) groups is 2. The first kappa shape index (κ1) is 22.7. The average Bonchev–Trinajstić information content (AvgIpc) is 2.79. The van der Waals surface area contributed by atoms with Crippen LogP contribution in [0.25, 0.3) is 5.69 Å². The van der Waals surface area contributed by atoms with E-state index >= 15 is 0 Å². The summed E-state index contributed by atoms with van der Waals surface area (Å²) >= 11 is 0. The minimum Gasteiger partial charge on any atom is -0.356 e. The van der Waals surface area contributed by atoms with E-state index in [1.165, 1.54) is 12.5 Å². The van der Waals surface area contributed by atoms with E-state index in [1.54, 1.807) is 16.5 Å². The van der Waals surface area contributed by atoms with Gasteiger partial charge in [-0.1, -0.05) is 44.4 Å². The van der Waals surface area contributed by atoms with Crippen molar-refractivity contribution in [1.29, 1.82) is 0 Å². The van der Waals surface area contributed by atoms with Crippen LogP contribution in [-0.4, -0.2) is 46.1 Å². The van der Waals surface area contributed by atoms with Gasteiger partial charge in [0, 0.05) is 31.4 Å². The minimum atomic E-state index is -0.407. The number of aromatic nitrogens is 2. The number of nitrogens with one attached hydrogen (secondary N) is 1. The highest BCUT2D eigenvalue weighted by Crippen LogP contribution is 2.18. The molecule has 0 saturated carbocycles. The fourth-order valence-electron chi connectivity index (χ4n) is 3.96. The monoisotopic (exact) mass is 424 g/mol. The molecule has 1 N–H and O–H groups in total. The number of unbranched alkanes of at least 4 members (excludes halogenated alkanes) is 3. The Bertz CT molecular complexity index is 955. The van der Waals surface area contributed by atoms with E-state index in [2.05, 4.69) is 17.3 Å². The molecule has 1 unspecified atom stereocenters. The Kier molecular flexibility index (Phi) is 7.98. The van der Waals surface area contributed by atoms with Crippen LogP contribution < -0.4 is 10.7 Å². The SMILES string of the molecule is CCCCCCNC(=O)C1CCCN(C(=O)c2nn(-c3ccccc3)c(C)cc2=O)C1. The highest BCUT2D eigenvalue weighted by Gasteiger charge is 2.30. The van der Waals surface area contributed by atoms with Crippen LogP contribution in [0.1, 0.15) is 61.6 Å². The topological polar surface area (TPSA) is 84.3 Å². The normalized spacial score (nSPS) is 16.2. The molecule has 1 aromatic heterocycles. The van der Waals surface area contributed by atoms with Crippen LogP contribution >= 0.6 is 0 Å². The first-order chi connectivity index (χ1) is 15.0. The van der Waals surface area contributed by atoms with Crippen LogP contribution in [0, 0.1) is 12.8 Å². The summed E-state index contributed by atoms with van der Waals surface area (Å²) in [5, 5.41) is 7.38. The predicted molar refractivity (Wildman–Crippen MR) is 120 cm³/mol. The van der Waals surface area contributed by atoms with Crippen molar-refractivity contribution in [2.45, 2.75) is 52.4 Å². The van der Waals surface area contributed by atoms with Crippen molar-refractivity contribution < 1.29 is 9.59 Å². The van der Waals surface area contributed by atoms with Crippen molar-refractivity contribution in [2.24, 2.45) is 5.92 Å². The van der Waals surface area contributed by atoms with Crippen LogP contribution in [0.15, 0.2) is 41.2 Å². The number of hydrogen-bond donors (Lipinski definition) is 1. The number of amides is 2. The minimum absolute atomic E-state index is 0.00689. The molecule has 0 aliphatic carbocycles. The van der Waals surface area contributed by atoms with Crippen molar-refractivity contribution >= 4 is 11.8 Å². The summed E-state index contributed by atoms with van der Waals surface area (Å²) in [7, 11) is 0. The van der Waals surface area contributed by atoms with Gasteiger partial charge < -0.3 is 10.2 Å². The number of aryl methyl sites for hydroxylation is 1. The van der Waals surface area contributed by atoms with Gasteiger partial charge in [0.1, 0.15) is 0 Å². The summed E-state index contributed by atoms with van der Waals surface area (Å²) in [5.41, 5.74) is 0.951. The van der Waals surface area contributed by atoms with E-state index in [9.17, 15) is 14.4 Å². The standard InChI is InChI=1S/C24H32N4O3/c1-3-4-5-9-14-25-23(30)19-11-10-15-27(17-19)24(31)22-21(29)16-18(2)28(26-22)20-12-7-6-8-13-20/h6-8,12-13,16,19H,3-5,9-11,14-15,17H2,1-2H3,(H,25,30). The summed E-state index contributed by atoms with van der Waals surface area (Å²) < 4.78 is 1.61. The largest absolute Gasteiger partial charge is 0.356 e. The maximum atomic E-state index is 13.1. The number of para-hydroxylation sites is 1. The first-order valence-corrected chi connectivity index (χ1v) is 11.2. The van der Waals surface area contributed by atoms with Gasteiger partial charge in [-0.25, -0.2) is 4.68 Å². The first-order valence-electron chi connectivity index (χ1n) is 11.2. The summed E-state index contributed by atoms with van der Waals surface area (Å²) in [6.45, 7) is 5.46. The highest BCUT2D eigenvalue weighted by molar-refractivity contribution is 5.92. The second-order valence-corrected chi connectivity index (χ2v) is 8.19. The molecule has 0 radical (unpaired) electrons. The number of carbonyl (C=O) groups excluding carboxylic acids is 2. The third-order valence-corrected chi connectivity index (χ3v) is 5.72. The van der Waals surface area contributed by atoms with Crippen LogP contribution in [-0.2, 0) is 4.79 Å². The molecule has 1 saturated heterocycles. The molecular formula is C24H32N4O3. The number of hydrogen-bond acceptors (Lipinski definition) is 4. The third-order valence-electron chi connectivity index (χ3n) is 5.72. The van der Waals surface area contributed by atoms with Gasteiger partial charge in [0.05, 0.1) is 11.6 Å². The Balaban J connectivity index is 1.69. The Labute approximate surface area is 183 Å². The van der Waals surface area contributed by atoms with Gasteiger partial charge in [-0.3, -0.25) is 14.4 Å². The summed E-state index contributed by atoms with van der Waals surface area (Å²) in [6.07, 6.45) is 5.90. The number of rotatable bonds is 8. The Hall–Kier alpha value is -2.96. The van der Waals surface area contributed by atoms with Gasteiger partial charge in [0.25, 0.3) is 5.91 Å². The lowest BCUT2D eigenvalue weighted by molar-refractivity contribution is -0.126. The maximum Gasteiger partial charge on any atom is 0.278 e. The van der Waals surface area contributed by atoms with Crippen LogP contribution in [0.3, 0.4) is 0 Å². The molecule has 1 atom stereocenters. The number of nitrogens with zero attached hydrogens (tertiary/aromatic N) is 3. The molecule has 166 valence electrons. The third kappa shape index (κ3) is 5.81. The predicted octanol–water partition coefficient (Wildman–Crippen LogP) is 3.09. The summed E-state index contributed by atoms with van der Waals surface area (Å²) in [4.78, 5) is 39.8. The Morgan fingerprint density at radius 1 is 1.16 bits per heavy atom. The average molecular weight is 425 g/mol. The molecule has 7 nitrogen and oxygen atoms in total. The molecular weight excluding hydrogens is 392 g/mol. The molecule has 2 amide bonds. The molecule has 1 aromatic carbocycles. The van der Waals surface area contributed by atoms with E-state index in [-0.39, 0.29) is 17.5 Å². The lowest BCUT2D eigenvalue weighted by Crippen LogP contribution is -2.47. The molecule has 1 aliphatic heterocycles. The summed E-state index contributed by atoms with van der Waals surface area (Å²) in [5.74, 6) is -0.659. The highest BCUT2D eigenvalue weighted by atomic mass is 16.2. The zero-order valence-electron chi connectivity index (χ0n) is 18.5. The van der Waals surface area contributed by atoms with Crippen molar-refractivity contribution in [3.8, 4) is 5.69 Å². The number of likely N-dealkylation sites (tertiary alicyclic amines) is 1. The smallest absolute Gasteiger partial charge is 0.278 e. The van der Waals surface area contributed by atoms with Gasteiger partial charge in [0.2, 0.25) is 11.3 Å². The molecule has 0 bridgehead atoms. The summed E-state index contributed by atoms with van der Waals surface area (Å²) in [6, 6.07) is 10.9. The Morgan fingerprint density at radius 3 is 2.68 bits per heavy atom. The van der Waals surface area contributed by atoms with Crippen molar-refractivity contribution in [3.05, 3.63) is 58.0 Å². The zero-order chi connectivity index (χ0) is 22.2. The lowest BCUT2D eigenvalue weighted by atomic mass is 9.96. The fourth-order valence-corrected chi connectivity index (χ4v) is 3.96. The molecule has 2 aromatic rings. The van der Waals surface area contributed by atoms with Gasteiger partial charge in [-0.2, -0.15) is 5.10 Å². The fraction of sp³-hybridized carbons (Fsp3) is 0.500. The van der Waals surface area contributed by atoms with Crippen LogP contribution in [0.2, 0.25) is 0 Å². The van der Waals surface area contributed by atoms with Gasteiger partial charge in [-0.15, -0.1) is 0 Å². The van der Waals surface area contributed by atoms with Gasteiger partial charge in [0.15, 0.2) is 5.69 Å². The van der Waals surface area contributed by atoms with Crippen molar-refractivity contribution in [3.63, 3.8) is 0 Å². The molecule has 1 fully saturated rings. The second kappa shape index (κ2) is 10.9. The van der Waals surface area contributed by atoms with Crippen LogP contribution in [0.4, 0.5) is 0 Å². The molecule has 3 rings (SSSR count). The van der Waals surface area contributed by atoms with Crippen LogP contribution in [0.5, 0.6) is 0 Å². The molecule has 31 heavy (non-hydrogen) atoms. The molecule has 2 heterocycles. The number of benzene rings is 1. The number of piperidine rings is 1. The molecule has 1 aliphatic rings.